The maximum absolute atomic E-state index is 3.65. The van der Waals surface area contributed by atoms with Crippen LogP contribution in [0.25, 0.3) is 11.1 Å². The van der Waals surface area contributed by atoms with E-state index in [-0.39, 0.29) is 0 Å². The van der Waals surface area contributed by atoms with Crippen molar-refractivity contribution in [1.29, 1.82) is 0 Å². The summed E-state index contributed by atoms with van der Waals surface area (Å²) in [6.07, 6.45) is 5.93. The molecule has 2 aromatic carbocycles. The summed E-state index contributed by atoms with van der Waals surface area (Å²) >= 11 is 0. The lowest BCUT2D eigenvalue weighted by Gasteiger charge is -2.22. The van der Waals surface area contributed by atoms with Gasteiger partial charge in [-0.15, -0.1) is 0 Å². The van der Waals surface area contributed by atoms with E-state index in [0.717, 1.165) is 24.3 Å². The number of fused-ring (bicyclic) bond motifs is 2. The minimum atomic E-state index is 0.914. The molecule has 1 N–H and O–H groups in total. The van der Waals surface area contributed by atoms with Crippen LogP contribution >= 0.6 is 0 Å². The van der Waals surface area contributed by atoms with Gasteiger partial charge in [-0.25, -0.2) is 0 Å². The van der Waals surface area contributed by atoms with Crippen molar-refractivity contribution in [3.8, 4) is 11.1 Å². The van der Waals surface area contributed by atoms with Gasteiger partial charge in [-0.05, 0) is 60.3 Å². The average Bonchev–Trinajstić information content (AvgIpc) is 3.17. The molecule has 0 spiro atoms. The van der Waals surface area contributed by atoms with Crippen LogP contribution in [0.4, 0.5) is 5.69 Å². The van der Waals surface area contributed by atoms with Crippen LogP contribution in [0.3, 0.4) is 0 Å². The van der Waals surface area contributed by atoms with E-state index in [4.69, 9.17) is 0 Å². The van der Waals surface area contributed by atoms with Gasteiger partial charge in [0.05, 0.1) is 0 Å². The van der Waals surface area contributed by atoms with Crippen LogP contribution in [0.15, 0.2) is 54.6 Å². The van der Waals surface area contributed by atoms with E-state index in [1.165, 1.54) is 42.5 Å². The maximum Gasteiger partial charge on any atom is 0.0340 e. The summed E-state index contributed by atoms with van der Waals surface area (Å²) in [6.45, 7) is 1.16. The van der Waals surface area contributed by atoms with Crippen LogP contribution in [0.5, 0.6) is 0 Å². The van der Waals surface area contributed by atoms with Gasteiger partial charge in [-0.2, -0.15) is 0 Å². The minimum absolute atomic E-state index is 0.914. The third-order valence-electron chi connectivity index (χ3n) is 5.44. The fraction of sp³-hybridized carbons (Fsp3) is 0.400. The van der Waals surface area contributed by atoms with Crippen LogP contribution in [-0.4, -0.2) is 6.54 Å². The van der Waals surface area contributed by atoms with Gasteiger partial charge in [0.15, 0.2) is 0 Å². The van der Waals surface area contributed by atoms with Crippen molar-refractivity contribution in [2.24, 2.45) is 17.8 Å². The second kappa shape index (κ2) is 5.55. The smallest absolute Gasteiger partial charge is 0.0340 e. The third kappa shape index (κ3) is 2.70. The predicted molar refractivity (Wildman–Crippen MR) is 89.3 cm³/mol. The molecule has 108 valence electrons. The molecule has 0 aliphatic heterocycles. The van der Waals surface area contributed by atoms with Gasteiger partial charge in [-0.3, -0.25) is 0 Å². The Hall–Kier alpha value is -1.76. The quantitative estimate of drug-likeness (QED) is 0.809. The Morgan fingerprint density at radius 1 is 0.810 bits per heavy atom. The lowest BCUT2D eigenvalue weighted by atomic mass is 9.89. The van der Waals surface area contributed by atoms with Crippen molar-refractivity contribution in [3.63, 3.8) is 0 Å². The van der Waals surface area contributed by atoms with Gasteiger partial charge < -0.3 is 5.32 Å². The molecule has 3 unspecified atom stereocenters. The zero-order valence-electron chi connectivity index (χ0n) is 12.5. The van der Waals surface area contributed by atoms with E-state index in [2.05, 4.69) is 59.9 Å². The van der Waals surface area contributed by atoms with Crippen LogP contribution in [0.2, 0.25) is 0 Å². The molecule has 1 heteroatoms. The van der Waals surface area contributed by atoms with E-state index < -0.39 is 0 Å². The molecule has 2 fully saturated rings. The fourth-order valence-corrected chi connectivity index (χ4v) is 4.29. The molecular weight excluding hydrogens is 254 g/mol. The first kappa shape index (κ1) is 12.9. The van der Waals surface area contributed by atoms with Crippen LogP contribution < -0.4 is 5.32 Å². The summed E-state index contributed by atoms with van der Waals surface area (Å²) in [5.41, 5.74) is 3.84. The Morgan fingerprint density at radius 2 is 1.57 bits per heavy atom. The Bertz CT molecular complexity index is 587. The molecule has 0 heterocycles. The molecule has 2 aromatic rings. The monoisotopic (exact) mass is 277 g/mol. The first-order valence-corrected chi connectivity index (χ1v) is 8.28. The standard InChI is InChI=1S/C20H23N/c1-2-4-16(5-3-1)17-8-10-20(11-9-17)21-14-19-13-15-6-7-18(19)12-15/h1-5,8-11,15,18-19,21H,6-7,12-14H2. The maximum atomic E-state index is 3.65. The number of benzene rings is 2. The first-order valence-electron chi connectivity index (χ1n) is 8.28. The van der Waals surface area contributed by atoms with Gasteiger partial charge in [-0.1, -0.05) is 48.9 Å². The van der Waals surface area contributed by atoms with Gasteiger partial charge >= 0.3 is 0 Å². The summed E-state index contributed by atoms with van der Waals surface area (Å²) in [4.78, 5) is 0. The number of hydrogen-bond donors (Lipinski definition) is 1. The predicted octanol–water partition coefficient (Wildman–Crippen LogP) is 5.20. The second-order valence-corrected chi connectivity index (χ2v) is 6.76. The first-order chi connectivity index (χ1) is 10.4. The molecule has 0 amide bonds. The van der Waals surface area contributed by atoms with Crippen molar-refractivity contribution in [1.82, 2.24) is 0 Å². The number of anilines is 1. The van der Waals surface area contributed by atoms with Crippen LogP contribution in [0, 0.1) is 17.8 Å². The zero-order chi connectivity index (χ0) is 14.1. The average molecular weight is 277 g/mol. The summed E-state index contributed by atoms with van der Waals surface area (Å²) in [5, 5.41) is 3.65. The van der Waals surface area contributed by atoms with Gasteiger partial charge in [0, 0.05) is 12.2 Å². The number of nitrogens with one attached hydrogen (secondary N) is 1. The Morgan fingerprint density at radius 3 is 2.24 bits per heavy atom. The molecule has 0 saturated heterocycles. The SMILES string of the molecule is c1ccc(-c2ccc(NCC3CC4CCC3C4)cc2)cc1. The highest BCUT2D eigenvalue weighted by molar-refractivity contribution is 5.65. The van der Waals surface area contributed by atoms with E-state index in [9.17, 15) is 0 Å². The molecule has 0 radical (unpaired) electrons. The summed E-state index contributed by atoms with van der Waals surface area (Å²) in [7, 11) is 0. The van der Waals surface area contributed by atoms with Crippen molar-refractivity contribution < 1.29 is 0 Å². The van der Waals surface area contributed by atoms with Crippen molar-refractivity contribution in [2.45, 2.75) is 25.7 Å². The van der Waals surface area contributed by atoms with E-state index in [0.29, 0.717) is 0 Å². The lowest BCUT2D eigenvalue weighted by Crippen LogP contribution is -2.20. The minimum Gasteiger partial charge on any atom is -0.385 e. The highest BCUT2D eigenvalue weighted by Gasteiger charge is 2.38. The second-order valence-electron chi connectivity index (χ2n) is 6.76. The molecular formula is C20H23N. The molecule has 2 bridgehead atoms. The molecule has 3 atom stereocenters. The molecule has 2 aliphatic rings. The fourth-order valence-electron chi connectivity index (χ4n) is 4.29. The molecule has 1 nitrogen and oxygen atoms in total. The highest BCUT2D eigenvalue weighted by Crippen LogP contribution is 2.48. The van der Waals surface area contributed by atoms with Crippen LogP contribution in [0.1, 0.15) is 25.7 Å². The summed E-state index contributed by atoms with van der Waals surface area (Å²) in [6, 6.07) is 19.5. The Balaban J connectivity index is 1.38. The molecule has 2 saturated carbocycles. The molecule has 2 aliphatic carbocycles. The topological polar surface area (TPSA) is 12.0 Å². The van der Waals surface area contributed by atoms with Crippen LogP contribution in [-0.2, 0) is 0 Å². The number of rotatable bonds is 4. The van der Waals surface area contributed by atoms with E-state index in [1.54, 1.807) is 0 Å². The van der Waals surface area contributed by atoms with Gasteiger partial charge in [0.2, 0.25) is 0 Å². The highest BCUT2D eigenvalue weighted by atomic mass is 14.9. The van der Waals surface area contributed by atoms with E-state index in [1.807, 2.05) is 0 Å². The van der Waals surface area contributed by atoms with Gasteiger partial charge in [0.1, 0.15) is 0 Å². The molecule has 0 aromatic heterocycles. The number of hydrogen-bond acceptors (Lipinski definition) is 1. The van der Waals surface area contributed by atoms with Crippen molar-refractivity contribution in [2.75, 3.05) is 11.9 Å². The van der Waals surface area contributed by atoms with Crippen molar-refractivity contribution in [3.05, 3.63) is 54.6 Å². The van der Waals surface area contributed by atoms with Gasteiger partial charge in [0.25, 0.3) is 0 Å². The normalized spacial score (nSPS) is 27.0. The Labute approximate surface area is 127 Å². The van der Waals surface area contributed by atoms with E-state index >= 15 is 0 Å². The summed E-state index contributed by atoms with van der Waals surface area (Å²) in [5.74, 6) is 2.96. The molecule has 21 heavy (non-hydrogen) atoms. The third-order valence-corrected chi connectivity index (χ3v) is 5.44. The molecule has 4 rings (SSSR count). The summed E-state index contributed by atoms with van der Waals surface area (Å²) < 4.78 is 0. The van der Waals surface area contributed by atoms with Crippen molar-refractivity contribution >= 4 is 5.69 Å². The lowest BCUT2D eigenvalue weighted by molar-refractivity contribution is 0.348. The Kier molecular flexibility index (Phi) is 3.42. The zero-order valence-corrected chi connectivity index (χ0v) is 12.5. The largest absolute Gasteiger partial charge is 0.385 e.